The van der Waals surface area contributed by atoms with Crippen molar-refractivity contribution in [3.63, 3.8) is 0 Å². The van der Waals surface area contributed by atoms with Gasteiger partial charge in [-0.3, -0.25) is 0 Å². The number of aromatic amines is 1. The molecule has 0 aliphatic carbocycles. The van der Waals surface area contributed by atoms with E-state index in [0.717, 1.165) is 49.6 Å². The number of aromatic nitrogens is 3. The number of H-pyrrole nitrogens is 1. The van der Waals surface area contributed by atoms with Crippen molar-refractivity contribution in [3.8, 4) is 0 Å². The maximum absolute atomic E-state index is 9.75. The van der Waals surface area contributed by atoms with Crippen LogP contribution in [-0.2, 0) is 4.74 Å². The summed E-state index contributed by atoms with van der Waals surface area (Å²) in [7, 11) is 3.82. The summed E-state index contributed by atoms with van der Waals surface area (Å²) >= 11 is 0. The Morgan fingerprint density at radius 3 is 3.00 bits per heavy atom. The number of anilines is 1. The number of aliphatic hydroxyl groups excluding tert-OH is 1. The summed E-state index contributed by atoms with van der Waals surface area (Å²) in [5, 5.41) is 10.8. The predicted molar refractivity (Wildman–Crippen MR) is 89.5 cm³/mol. The Labute approximate surface area is 136 Å². The van der Waals surface area contributed by atoms with E-state index in [1.54, 1.807) is 13.4 Å². The molecule has 2 aromatic heterocycles. The standard InChI is InChI=1S/C16H25N5O2/c1-20(5-6-23-2)7-12-8-21(9-13(12)10-22)16-14-3-4-17-15(14)18-11-19-16/h3-4,11-13,22H,5-10H2,1-2H3,(H,17,18,19)/t12-,13-/m1/s1. The maximum Gasteiger partial charge on any atom is 0.142 e. The van der Waals surface area contributed by atoms with Crippen LogP contribution in [0, 0.1) is 11.8 Å². The van der Waals surface area contributed by atoms with Crippen molar-refractivity contribution in [1.29, 1.82) is 0 Å². The number of ether oxygens (including phenoxy) is 1. The Bertz CT molecular complexity index is 632. The summed E-state index contributed by atoms with van der Waals surface area (Å²) in [6.45, 7) is 4.52. The number of methoxy groups -OCH3 is 1. The lowest BCUT2D eigenvalue weighted by Crippen LogP contribution is -2.33. The van der Waals surface area contributed by atoms with Crippen molar-refractivity contribution in [1.82, 2.24) is 19.9 Å². The van der Waals surface area contributed by atoms with Gasteiger partial charge in [0.1, 0.15) is 17.8 Å². The second-order valence-corrected chi connectivity index (χ2v) is 6.30. The predicted octanol–water partition coefficient (Wildman–Crippen LogP) is 0.581. The van der Waals surface area contributed by atoms with Gasteiger partial charge < -0.3 is 24.6 Å². The van der Waals surface area contributed by atoms with E-state index in [1.165, 1.54) is 0 Å². The Hall–Kier alpha value is -1.70. The van der Waals surface area contributed by atoms with Gasteiger partial charge in [0.25, 0.3) is 0 Å². The molecule has 1 fully saturated rings. The van der Waals surface area contributed by atoms with E-state index < -0.39 is 0 Å². The molecule has 1 saturated heterocycles. The lowest BCUT2D eigenvalue weighted by molar-refractivity contribution is 0.136. The number of aliphatic hydroxyl groups is 1. The van der Waals surface area contributed by atoms with Crippen LogP contribution in [-0.4, -0.2) is 78.5 Å². The molecule has 0 bridgehead atoms. The van der Waals surface area contributed by atoms with Gasteiger partial charge in [-0.05, 0) is 19.0 Å². The normalized spacial score (nSPS) is 21.7. The van der Waals surface area contributed by atoms with Crippen molar-refractivity contribution < 1.29 is 9.84 Å². The Morgan fingerprint density at radius 2 is 2.22 bits per heavy atom. The maximum atomic E-state index is 9.75. The average molecular weight is 319 g/mol. The van der Waals surface area contributed by atoms with Crippen molar-refractivity contribution >= 4 is 16.9 Å². The molecule has 3 heterocycles. The summed E-state index contributed by atoms with van der Waals surface area (Å²) in [6.07, 6.45) is 3.48. The zero-order chi connectivity index (χ0) is 16.2. The third-order valence-electron chi connectivity index (χ3n) is 4.67. The third-order valence-corrected chi connectivity index (χ3v) is 4.67. The van der Waals surface area contributed by atoms with Crippen LogP contribution in [0.1, 0.15) is 0 Å². The zero-order valence-electron chi connectivity index (χ0n) is 13.8. The monoisotopic (exact) mass is 319 g/mol. The zero-order valence-corrected chi connectivity index (χ0v) is 13.8. The fraction of sp³-hybridized carbons (Fsp3) is 0.625. The van der Waals surface area contributed by atoms with E-state index in [2.05, 4.69) is 31.8 Å². The van der Waals surface area contributed by atoms with Gasteiger partial charge in [0, 0.05) is 52.0 Å². The van der Waals surface area contributed by atoms with Gasteiger partial charge in [0.2, 0.25) is 0 Å². The molecule has 0 saturated carbocycles. The molecule has 0 unspecified atom stereocenters. The van der Waals surface area contributed by atoms with Gasteiger partial charge in [0.05, 0.1) is 12.0 Å². The van der Waals surface area contributed by atoms with E-state index in [-0.39, 0.29) is 12.5 Å². The molecule has 0 aromatic carbocycles. The summed E-state index contributed by atoms with van der Waals surface area (Å²) in [6, 6.07) is 2.01. The Morgan fingerprint density at radius 1 is 1.39 bits per heavy atom. The van der Waals surface area contributed by atoms with Gasteiger partial charge in [-0.1, -0.05) is 0 Å². The van der Waals surface area contributed by atoms with E-state index in [1.807, 2.05) is 12.3 Å². The first-order valence-corrected chi connectivity index (χ1v) is 8.04. The lowest BCUT2D eigenvalue weighted by Gasteiger charge is -2.23. The second-order valence-electron chi connectivity index (χ2n) is 6.30. The molecular weight excluding hydrogens is 294 g/mol. The first kappa shape index (κ1) is 16.2. The van der Waals surface area contributed by atoms with Crippen LogP contribution < -0.4 is 4.90 Å². The number of nitrogens with one attached hydrogen (secondary N) is 1. The molecule has 0 radical (unpaired) electrons. The minimum atomic E-state index is 0.209. The second kappa shape index (κ2) is 7.25. The molecule has 0 amide bonds. The molecule has 2 N–H and O–H groups in total. The minimum absolute atomic E-state index is 0.209. The van der Waals surface area contributed by atoms with Crippen LogP contribution in [0.2, 0.25) is 0 Å². The summed E-state index contributed by atoms with van der Waals surface area (Å²) in [5.41, 5.74) is 0.858. The van der Waals surface area contributed by atoms with Crippen molar-refractivity contribution in [3.05, 3.63) is 18.6 Å². The third kappa shape index (κ3) is 3.46. The van der Waals surface area contributed by atoms with Crippen LogP contribution in [0.25, 0.3) is 11.0 Å². The summed E-state index contributed by atoms with van der Waals surface area (Å²) < 4.78 is 5.14. The molecule has 7 nitrogen and oxygen atoms in total. The smallest absolute Gasteiger partial charge is 0.142 e. The van der Waals surface area contributed by atoms with Crippen LogP contribution in [0.15, 0.2) is 18.6 Å². The summed E-state index contributed by atoms with van der Waals surface area (Å²) in [4.78, 5) is 16.4. The first-order valence-electron chi connectivity index (χ1n) is 8.04. The molecule has 7 heteroatoms. The van der Waals surface area contributed by atoms with Gasteiger partial charge in [-0.2, -0.15) is 0 Å². The highest BCUT2D eigenvalue weighted by molar-refractivity contribution is 5.87. The molecule has 1 aliphatic heterocycles. The van der Waals surface area contributed by atoms with E-state index >= 15 is 0 Å². The minimum Gasteiger partial charge on any atom is -0.396 e. The summed E-state index contributed by atoms with van der Waals surface area (Å²) in [5.74, 6) is 1.64. The number of nitrogens with zero attached hydrogens (tertiary/aromatic N) is 4. The largest absolute Gasteiger partial charge is 0.396 e. The van der Waals surface area contributed by atoms with Crippen molar-refractivity contribution in [2.45, 2.75) is 0 Å². The molecule has 0 spiro atoms. The lowest BCUT2D eigenvalue weighted by atomic mass is 9.96. The number of fused-ring (bicyclic) bond motifs is 1. The molecular formula is C16H25N5O2. The molecule has 3 rings (SSSR count). The van der Waals surface area contributed by atoms with Crippen LogP contribution in [0.4, 0.5) is 5.82 Å². The highest BCUT2D eigenvalue weighted by Gasteiger charge is 2.34. The molecule has 1 aliphatic rings. The van der Waals surface area contributed by atoms with E-state index in [9.17, 15) is 5.11 Å². The number of likely N-dealkylation sites (N-methyl/N-ethyl adjacent to an activating group) is 1. The molecule has 2 aromatic rings. The quantitative estimate of drug-likeness (QED) is 0.777. The fourth-order valence-electron chi connectivity index (χ4n) is 3.37. The fourth-order valence-corrected chi connectivity index (χ4v) is 3.37. The van der Waals surface area contributed by atoms with Gasteiger partial charge in [0.15, 0.2) is 0 Å². The molecule has 126 valence electrons. The van der Waals surface area contributed by atoms with E-state index in [0.29, 0.717) is 5.92 Å². The Balaban J connectivity index is 1.72. The number of hydrogen-bond donors (Lipinski definition) is 2. The highest BCUT2D eigenvalue weighted by Crippen LogP contribution is 2.31. The molecule has 2 atom stereocenters. The van der Waals surface area contributed by atoms with Crippen LogP contribution >= 0.6 is 0 Å². The van der Waals surface area contributed by atoms with Gasteiger partial charge in [-0.15, -0.1) is 0 Å². The first-order chi connectivity index (χ1) is 11.2. The average Bonchev–Trinajstić information content (AvgIpc) is 3.18. The van der Waals surface area contributed by atoms with Crippen LogP contribution in [0.3, 0.4) is 0 Å². The SMILES string of the molecule is COCCN(C)C[C@@H]1CN(c2ncnc3[nH]ccc23)C[C@@H]1CO. The topological polar surface area (TPSA) is 77.5 Å². The van der Waals surface area contributed by atoms with Gasteiger partial charge >= 0.3 is 0 Å². The highest BCUT2D eigenvalue weighted by atomic mass is 16.5. The number of hydrogen-bond acceptors (Lipinski definition) is 6. The van der Waals surface area contributed by atoms with Crippen LogP contribution in [0.5, 0.6) is 0 Å². The number of rotatable bonds is 7. The van der Waals surface area contributed by atoms with Crippen molar-refractivity contribution in [2.75, 3.05) is 58.5 Å². The van der Waals surface area contributed by atoms with Gasteiger partial charge in [-0.25, -0.2) is 9.97 Å². The Kier molecular flexibility index (Phi) is 5.09. The van der Waals surface area contributed by atoms with Crippen molar-refractivity contribution in [2.24, 2.45) is 11.8 Å². The van der Waals surface area contributed by atoms with E-state index in [4.69, 9.17) is 4.74 Å². The molecule has 23 heavy (non-hydrogen) atoms.